The average Bonchev–Trinajstić information content (AvgIpc) is 2.86. The molecule has 0 aromatic heterocycles. The number of ether oxygens (including phenoxy) is 1. The minimum absolute atomic E-state index is 0.218. The summed E-state index contributed by atoms with van der Waals surface area (Å²) in [7, 11) is 0. The van der Waals surface area contributed by atoms with Crippen molar-refractivity contribution < 1.29 is 17.9 Å². The lowest BCUT2D eigenvalue weighted by Gasteiger charge is -2.29. The molecule has 1 aliphatic rings. The van der Waals surface area contributed by atoms with Gasteiger partial charge in [-0.2, -0.15) is 13.2 Å². The second-order valence-corrected chi connectivity index (χ2v) is 10.3. The van der Waals surface area contributed by atoms with Crippen molar-refractivity contribution >= 4 is 0 Å². The first-order chi connectivity index (χ1) is 16.9. The maximum absolute atomic E-state index is 13.9. The van der Waals surface area contributed by atoms with Crippen LogP contribution in [0, 0.1) is 5.92 Å². The molecule has 0 radical (unpaired) electrons. The molecule has 0 spiro atoms. The number of halogens is 3. The highest BCUT2D eigenvalue weighted by atomic mass is 19.4. The molecule has 0 heterocycles. The fourth-order valence-corrected chi connectivity index (χ4v) is 5.39. The standard InChI is InChI=1S/C31H43F3O/c1-3-5-7-9-21-35-23-25-13-20-29(30(22-25)31(32,33)34)28-18-16-27(17-19-28)26-14-11-24(12-15-26)10-8-6-4-2/h13,16-20,22,24,26H,3-12,14-15,21,23H2,1-2H3. The van der Waals surface area contributed by atoms with E-state index >= 15 is 0 Å². The fourth-order valence-electron chi connectivity index (χ4n) is 5.39. The number of hydrogen-bond acceptors (Lipinski definition) is 1. The lowest BCUT2D eigenvalue weighted by molar-refractivity contribution is -0.137. The van der Waals surface area contributed by atoms with Gasteiger partial charge in [0.1, 0.15) is 0 Å². The van der Waals surface area contributed by atoms with Gasteiger partial charge < -0.3 is 4.74 Å². The van der Waals surface area contributed by atoms with Crippen molar-refractivity contribution in [1.82, 2.24) is 0 Å². The van der Waals surface area contributed by atoms with E-state index in [9.17, 15) is 13.2 Å². The molecule has 2 aromatic carbocycles. The summed E-state index contributed by atoms with van der Waals surface area (Å²) in [6.07, 6.45) is 10.2. The first kappa shape index (κ1) is 27.8. The van der Waals surface area contributed by atoms with Gasteiger partial charge in [-0.1, -0.05) is 95.2 Å². The van der Waals surface area contributed by atoms with Crippen LogP contribution in [0.1, 0.15) is 114 Å². The molecule has 0 bridgehead atoms. The molecule has 4 heteroatoms. The van der Waals surface area contributed by atoms with Crippen LogP contribution in [0.5, 0.6) is 0 Å². The van der Waals surface area contributed by atoms with Crippen molar-refractivity contribution in [3.05, 3.63) is 59.2 Å². The number of unbranched alkanes of at least 4 members (excludes halogenated alkanes) is 5. The van der Waals surface area contributed by atoms with Crippen LogP contribution in [0.3, 0.4) is 0 Å². The zero-order valence-corrected chi connectivity index (χ0v) is 21.6. The van der Waals surface area contributed by atoms with Crippen molar-refractivity contribution in [2.24, 2.45) is 5.92 Å². The molecule has 0 unspecified atom stereocenters. The first-order valence-electron chi connectivity index (χ1n) is 13.8. The van der Waals surface area contributed by atoms with Gasteiger partial charge in [0.15, 0.2) is 0 Å². The highest BCUT2D eigenvalue weighted by molar-refractivity contribution is 5.69. The topological polar surface area (TPSA) is 9.23 Å². The van der Waals surface area contributed by atoms with Crippen molar-refractivity contribution in [1.29, 1.82) is 0 Å². The maximum Gasteiger partial charge on any atom is 0.417 e. The van der Waals surface area contributed by atoms with Crippen molar-refractivity contribution in [3.8, 4) is 11.1 Å². The smallest absolute Gasteiger partial charge is 0.377 e. The predicted octanol–water partition coefficient (Wildman–Crippen LogP) is 10.3. The Hall–Kier alpha value is -1.81. The molecule has 1 fully saturated rings. The highest BCUT2D eigenvalue weighted by Gasteiger charge is 2.34. The van der Waals surface area contributed by atoms with Crippen LogP contribution in [0.25, 0.3) is 11.1 Å². The van der Waals surface area contributed by atoms with E-state index in [1.165, 1.54) is 63.0 Å². The van der Waals surface area contributed by atoms with Gasteiger partial charge in [0.2, 0.25) is 0 Å². The summed E-state index contributed by atoms with van der Waals surface area (Å²) in [5.74, 6) is 1.38. The van der Waals surface area contributed by atoms with E-state index in [2.05, 4.69) is 13.8 Å². The number of alkyl halides is 3. The Bertz CT molecular complexity index is 864. The van der Waals surface area contributed by atoms with Crippen LogP contribution in [0.4, 0.5) is 13.2 Å². The maximum atomic E-state index is 13.9. The molecular weight excluding hydrogens is 445 g/mol. The van der Waals surface area contributed by atoms with E-state index in [4.69, 9.17) is 4.74 Å². The van der Waals surface area contributed by atoms with Gasteiger partial charge in [-0.3, -0.25) is 0 Å². The molecule has 2 aromatic rings. The zero-order chi connectivity index (χ0) is 25.1. The molecule has 35 heavy (non-hydrogen) atoms. The number of benzene rings is 2. The van der Waals surface area contributed by atoms with Gasteiger partial charge in [0.25, 0.3) is 0 Å². The van der Waals surface area contributed by atoms with Crippen LogP contribution >= 0.6 is 0 Å². The van der Waals surface area contributed by atoms with Crippen molar-refractivity contribution in [2.75, 3.05) is 6.61 Å². The molecule has 1 saturated carbocycles. The minimum atomic E-state index is -4.40. The van der Waals surface area contributed by atoms with E-state index in [1.54, 1.807) is 12.1 Å². The van der Waals surface area contributed by atoms with E-state index in [0.717, 1.165) is 31.6 Å². The Kier molecular flexibility index (Phi) is 11.2. The summed E-state index contributed by atoms with van der Waals surface area (Å²) in [5, 5.41) is 0. The lowest BCUT2D eigenvalue weighted by atomic mass is 9.77. The van der Waals surface area contributed by atoms with E-state index in [0.29, 0.717) is 23.7 Å². The molecule has 0 aliphatic heterocycles. The number of hydrogen-bond donors (Lipinski definition) is 0. The monoisotopic (exact) mass is 488 g/mol. The molecule has 1 aliphatic carbocycles. The van der Waals surface area contributed by atoms with E-state index in [1.807, 2.05) is 24.3 Å². The summed E-state index contributed by atoms with van der Waals surface area (Å²) < 4.78 is 47.4. The van der Waals surface area contributed by atoms with Gasteiger partial charge >= 0.3 is 6.18 Å². The Labute approximate surface area is 210 Å². The Balaban J connectivity index is 1.62. The van der Waals surface area contributed by atoms with Gasteiger partial charge in [-0.15, -0.1) is 0 Å². The number of rotatable bonds is 13. The third-order valence-corrected chi connectivity index (χ3v) is 7.56. The molecule has 0 N–H and O–H groups in total. The third-order valence-electron chi connectivity index (χ3n) is 7.56. The second-order valence-electron chi connectivity index (χ2n) is 10.3. The van der Waals surface area contributed by atoms with E-state index in [-0.39, 0.29) is 12.2 Å². The molecule has 1 nitrogen and oxygen atoms in total. The average molecular weight is 489 g/mol. The molecule has 194 valence electrons. The molecule has 0 saturated heterocycles. The molecule has 0 amide bonds. The van der Waals surface area contributed by atoms with Gasteiger partial charge in [-0.25, -0.2) is 0 Å². The first-order valence-corrected chi connectivity index (χ1v) is 13.8. The molecule has 0 atom stereocenters. The summed E-state index contributed by atoms with van der Waals surface area (Å²) in [4.78, 5) is 0. The summed E-state index contributed by atoms with van der Waals surface area (Å²) in [6, 6.07) is 12.5. The zero-order valence-electron chi connectivity index (χ0n) is 21.6. The van der Waals surface area contributed by atoms with E-state index < -0.39 is 11.7 Å². The summed E-state index contributed by atoms with van der Waals surface area (Å²) >= 11 is 0. The predicted molar refractivity (Wildman–Crippen MR) is 140 cm³/mol. The van der Waals surface area contributed by atoms with Gasteiger partial charge in [-0.05, 0) is 72.3 Å². The molecule has 3 rings (SSSR count). The highest BCUT2D eigenvalue weighted by Crippen LogP contribution is 2.40. The Morgan fingerprint density at radius 3 is 2.14 bits per heavy atom. The normalized spacial score (nSPS) is 18.7. The third kappa shape index (κ3) is 8.66. The van der Waals surface area contributed by atoms with Crippen LogP contribution in [-0.2, 0) is 17.5 Å². The van der Waals surface area contributed by atoms with Crippen LogP contribution in [-0.4, -0.2) is 6.61 Å². The lowest BCUT2D eigenvalue weighted by Crippen LogP contribution is -2.13. The van der Waals surface area contributed by atoms with Gasteiger partial charge in [0, 0.05) is 6.61 Å². The minimum Gasteiger partial charge on any atom is -0.377 e. The van der Waals surface area contributed by atoms with Crippen molar-refractivity contribution in [2.45, 2.75) is 110 Å². The fraction of sp³-hybridized carbons (Fsp3) is 0.613. The Morgan fingerprint density at radius 2 is 1.49 bits per heavy atom. The largest absolute Gasteiger partial charge is 0.417 e. The van der Waals surface area contributed by atoms with Crippen LogP contribution in [0.2, 0.25) is 0 Å². The molecular formula is C31H43F3O. The van der Waals surface area contributed by atoms with Crippen LogP contribution in [0.15, 0.2) is 42.5 Å². The summed E-state index contributed by atoms with van der Waals surface area (Å²) in [5.41, 5.74) is 2.13. The Morgan fingerprint density at radius 1 is 0.800 bits per heavy atom. The van der Waals surface area contributed by atoms with Gasteiger partial charge in [0.05, 0.1) is 12.2 Å². The second kappa shape index (κ2) is 14.1. The summed E-state index contributed by atoms with van der Waals surface area (Å²) in [6.45, 7) is 5.20. The SMILES string of the molecule is CCCCCCOCc1ccc(-c2ccc(C3CCC(CCCCC)CC3)cc2)c(C(F)(F)F)c1. The quantitative estimate of drug-likeness (QED) is 0.255. The van der Waals surface area contributed by atoms with Crippen LogP contribution < -0.4 is 0 Å². The van der Waals surface area contributed by atoms with Crippen molar-refractivity contribution in [3.63, 3.8) is 0 Å².